The van der Waals surface area contributed by atoms with Gasteiger partial charge in [0, 0.05) is 46.3 Å². The Morgan fingerprint density at radius 3 is 2.13 bits per heavy atom. The second kappa shape index (κ2) is 7.22. The molecule has 0 saturated heterocycles. The van der Waals surface area contributed by atoms with Gasteiger partial charge in [-0.05, 0) is 26.0 Å². The first-order valence-corrected chi connectivity index (χ1v) is 9.46. The molecule has 30 heavy (non-hydrogen) atoms. The van der Waals surface area contributed by atoms with E-state index in [9.17, 15) is 19.2 Å². The van der Waals surface area contributed by atoms with Gasteiger partial charge in [-0.1, -0.05) is 36.4 Å². The fourth-order valence-electron chi connectivity index (χ4n) is 3.74. The lowest BCUT2D eigenvalue weighted by Gasteiger charge is -2.19. The van der Waals surface area contributed by atoms with Crippen LogP contribution in [-0.2, 0) is 11.8 Å². The number of hydrogen-bond donors (Lipinski definition) is 0. The molecule has 0 aliphatic heterocycles. The molecule has 0 amide bonds. The molecule has 4 rings (SSSR count). The van der Waals surface area contributed by atoms with Crippen molar-refractivity contribution in [3.8, 4) is 0 Å². The van der Waals surface area contributed by atoms with Gasteiger partial charge < -0.3 is 9.30 Å². The highest BCUT2D eigenvalue weighted by Crippen LogP contribution is 2.29. The van der Waals surface area contributed by atoms with Gasteiger partial charge in [-0.15, -0.1) is 0 Å². The Hall–Kier alpha value is -3.80. The average molecular weight is 401 g/mol. The van der Waals surface area contributed by atoms with Gasteiger partial charge in [0.15, 0.2) is 18.2 Å². The number of ether oxygens (including phenoxy) is 1. The largest absolute Gasteiger partial charge is 0.454 e. The summed E-state index contributed by atoms with van der Waals surface area (Å²) < 4.78 is 7.10. The van der Waals surface area contributed by atoms with Gasteiger partial charge in [0.2, 0.25) is 5.78 Å². The van der Waals surface area contributed by atoms with E-state index in [1.807, 2.05) is 25.5 Å². The summed E-state index contributed by atoms with van der Waals surface area (Å²) >= 11 is 0. The van der Waals surface area contributed by atoms with E-state index in [4.69, 9.17) is 4.74 Å². The molecule has 0 radical (unpaired) electrons. The van der Waals surface area contributed by atoms with Crippen LogP contribution in [0.5, 0.6) is 0 Å². The van der Waals surface area contributed by atoms with E-state index >= 15 is 0 Å². The van der Waals surface area contributed by atoms with E-state index in [-0.39, 0.29) is 33.8 Å². The maximum atomic E-state index is 13.0. The summed E-state index contributed by atoms with van der Waals surface area (Å²) in [5.74, 6) is -1.87. The number of aryl methyl sites for hydroxylation is 1. The summed E-state index contributed by atoms with van der Waals surface area (Å²) in [5, 5.41) is 0. The van der Waals surface area contributed by atoms with Gasteiger partial charge in [0.1, 0.15) is 0 Å². The molecule has 0 saturated carbocycles. The van der Waals surface area contributed by atoms with Crippen LogP contribution >= 0.6 is 0 Å². The highest BCUT2D eigenvalue weighted by Gasteiger charge is 2.33. The van der Waals surface area contributed by atoms with E-state index in [1.54, 1.807) is 30.3 Å². The number of ketones is 3. The van der Waals surface area contributed by atoms with Crippen molar-refractivity contribution in [2.75, 3.05) is 6.61 Å². The standard InChI is InChI=1S/C24H19NO5/c1-13-11-19(14(2)25(13)3)20(26)12-30-24(29)18-10-6-9-17-21(18)23(28)16-8-5-4-7-15(16)22(17)27/h4-11H,12H2,1-3H3. The molecule has 6 nitrogen and oxygen atoms in total. The third-order valence-corrected chi connectivity index (χ3v) is 5.58. The molecule has 0 bridgehead atoms. The third-order valence-electron chi connectivity index (χ3n) is 5.58. The highest BCUT2D eigenvalue weighted by atomic mass is 16.5. The molecule has 1 aliphatic carbocycles. The molecule has 6 heteroatoms. The summed E-state index contributed by atoms with van der Waals surface area (Å²) in [5.41, 5.74) is 2.91. The normalized spacial score (nSPS) is 12.4. The van der Waals surface area contributed by atoms with Gasteiger partial charge in [0.25, 0.3) is 0 Å². The van der Waals surface area contributed by atoms with Crippen LogP contribution in [0.1, 0.15) is 63.9 Å². The smallest absolute Gasteiger partial charge is 0.339 e. The molecule has 1 aliphatic rings. The molecular formula is C24H19NO5. The number of carbonyl (C=O) groups excluding carboxylic acids is 4. The van der Waals surface area contributed by atoms with E-state index in [0.29, 0.717) is 11.1 Å². The number of fused-ring (bicyclic) bond motifs is 2. The van der Waals surface area contributed by atoms with Gasteiger partial charge in [-0.3, -0.25) is 14.4 Å². The van der Waals surface area contributed by atoms with Crippen LogP contribution in [-0.4, -0.2) is 34.5 Å². The summed E-state index contributed by atoms with van der Waals surface area (Å²) in [7, 11) is 1.85. The van der Waals surface area contributed by atoms with E-state index < -0.39 is 18.4 Å². The molecule has 2 aromatic carbocycles. The third kappa shape index (κ3) is 2.97. The van der Waals surface area contributed by atoms with Crippen molar-refractivity contribution in [3.05, 3.63) is 93.3 Å². The van der Waals surface area contributed by atoms with Crippen molar-refractivity contribution in [2.45, 2.75) is 13.8 Å². The van der Waals surface area contributed by atoms with Crippen molar-refractivity contribution >= 4 is 23.3 Å². The number of esters is 1. The summed E-state index contributed by atoms with van der Waals surface area (Å²) in [6, 6.07) is 12.7. The fraction of sp³-hybridized carbons (Fsp3) is 0.167. The van der Waals surface area contributed by atoms with Crippen molar-refractivity contribution in [2.24, 2.45) is 7.05 Å². The highest BCUT2D eigenvalue weighted by molar-refractivity contribution is 6.30. The van der Waals surface area contributed by atoms with Crippen LogP contribution in [0.25, 0.3) is 0 Å². The Bertz CT molecular complexity index is 1250. The lowest BCUT2D eigenvalue weighted by atomic mass is 9.82. The van der Waals surface area contributed by atoms with Crippen LogP contribution in [0, 0.1) is 13.8 Å². The zero-order valence-electron chi connectivity index (χ0n) is 16.8. The molecule has 0 atom stereocenters. The summed E-state index contributed by atoms with van der Waals surface area (Å²) in [6.07, 6.45) is 0. The minimum absolute atomic E-state index is 0.0189. The van der Waals surface area contributed by atoms with Crippen molar-refractivity contribution in [1.29, 1.82) is 0 Å². The van der Waals surface area contributed by atoms with E-state index in [2.05, 4.69) is 0 Å². The first-order valence-electron chi connectivity index (χ1n) is 9.46. The first-order chi connectivity index (χ1) is 14.3. The van der Waals surface area contributed by atoms with E-state index in [1.165, 1.54) is 18.2 Å². The van der Waals surface area contributed by atoms with Gasteiger partial charge >= 0.3 is 5.97 Å². The lowest BCUT2D eigenvalue weighted by Crippen LogP contribution is -2.25. The molecule has 150 valence electrons. The Kier molecular flexibility index (Phi) is 4.70. The van der Waals surface area contributed by atoms with Crippen molar-refractivity contribution in [3.63, 3.8) is 0 Å². The van der Waals surface area contributed by atoms with Crippen LogP contribution < -0.4 is 0 Å². The molecule has 0 unspecified atom stereocenters. The number of nitrogens with zero attached hydrogens (tertiary/aromatic N) is 1. The van der Waals surface area contributed by atoms with Crippen molar-refractivity contribution < 1.29 is 23.9 Å². The number of hydrogen-bond acceptors (Lipinski definition) is 5. The maximum Gasteiger partial charge on any atom is 0.339 e. The Morgan fingerprint density at radius 1 is 0.867 bits per heavy atom. The molecule has 0 N–H and O–H groups in total. The predicted octanol–water partition coefficient (Wildman–Crippen LogP) is 3.46. The second-order valence-corrected chi connectivity index (χ2v) is 7.28. The monoisotopic (exact) mass is 401 g/mol. The minimum atomic E-state index is -0.814. The molecule has 1 heterocycles. The average Bonchev–Trinajstić information content (AvgIpc) is 3.02. The molecular weight excluding hydrogens is 382 g/mol. The zero-order valence-corrected chi connectivity index (χ0v) is 16.8. The lowest BCUT2D eigenvalue weighted by molar-refractivity contribution is 0.0472. The van der Waals surface area contributed by atoms with E-state index in [0.717, 1.165) is 11.4 Å². The molecule has 1 aromatic heterocycles. The molecule has 0 spiro atoms. The Labute approximate surface area is 173 Å². The quantitative estimate of drug-likeness (QED) is 0.386. The Balaban J connectivity index is 1.62. The fourth-order valence-corrected chi connectivity index (χ4v) is 3.74. The van der Waals surface area contributed by atoms with Gasteiger partial charge in [-0.25, -0.2) is 4.79 Å². The first kappa shape index (κ1) is 19.5. The summed E-state index contributed by atoms with van der Waals surface area (Å²) in [6.45, 7) is 3.25. The van der Waals surface area contributed by atoms with Crippen LogP contribution in [0.3, 0.4) is 0 Å². The van der Waals surface area contributed by atoms with Crippen LogP contribution in [0.15, 0.2) is 48.5 Å². The van der Waals surface area contributed by atoms with Crippen LogP contribution in [0.4, 0.5) is 0 Å². The number of benzene rings is 2. The zero-order chi connectivity index (χ0) is 21.6. The number of Topliss-reactive ketones (excluding diaryl/α,β-unsaturated/α-hetero) is 1. The van der Waals surface area contributed by atoms with Gasteiger partial charge in [-0.2, -0.15) is 0 Å². The molecule has 0 fully saturated rings. The SMILES string of the molecule is Cc1cc(C(=O)COC(=O)c2cccc3c2C(=O)c2ccccc2C3=O)c(C)n1C. The molecule has 3 aromatic rings. The Morgan fingerprint density at radius 2 is 1.50 bits per heavy atom. The maximum absolute atomic E-state index is 13.0. The minimum Gasteiger partial charge on any atom is -0.454 e. The van der Waals surface area contributed by atoms with Crippen molar-refractivity contribution in [1.82, 2.24) is 4.57 Å². The summed E-state index contributed by atoms with van der Waals surface area (Å²) in [4.78, 5) is 51.0. The number of rotatable bonds is 4. The topological polar surface area (TPSA) is 82.4 Å². The number of carbonyl (C=O) groups is 4. The predicted molar refractivity (Wildman–Crippen MR) is 109 cm³/mol. The number of aromatic nitrogens is 1. The van der Waals surface area contributed by atoms with Crippen LogP contribution in [0.2, 0.25) is 0 Å². The second-order valence-electron chi connectivity index (χ2n) is 7.28. The van der Waals surface area contributed by atoms with Gasteiger partial charge in [0.05, 0.1) is 5.56 Å².